The molecule has 2 rings (SSSR count). The van der Waals surface area contributed by atoms with Gasteiger partial charge in [0.15, 0.2) is 0 Å². The molecule has 4 nitrogen and oxygen atoms in total. The van der Waals surface area contributed by atoms with Gasteiger partial charge in [0.1, 0.15) is 6.10 Å². The monoisotopic (exact) mass is 362 g/mol. The van der Waals surface area contributed by atoms with Crippen LogP contribution in [0.4, 0.5) is 0 Å². The molecule has 0 saturated heterocycles. The van der Waals surface area contributed by atoms with Crippen molar-refractivity contribution in [2.45, 2.75) is 79.8 Å². The number of allylic oxidation sites excluding steroid dienone is 3. The number of esters is 1. The van der Waals surface area contributed by atoms with E-state index in [-0.39, 0.29) is 22.9 Å². The topological polar surface area (TPSA) is 63.6 Å². The Labute approximate surface area is 157 Å². The first-order valence-corrected chi connectivity index (χ1v) is 9.72. The normalized spacial score (nSPS) is 33.8. The molecule has 1 fully saturated rings. The number of carbonyl (C=O) groups is 2. The van der Waals surface area contributed by atoms with Crippen LogP contribution in [0.3, 0.4) is 0 Å². The lowest BCUT2D eigenvalue weighted by Gasteiger charge is -2.59. The molecular formula is C22H34O4. The summed E-state index contributed by atoms with van der Waals surface area (Å²) in [6, 6.07) is 0. The SMILES string of the molecule is CC(=O)OC1CCC2(C)C(CCC(C)=CC(=O)O)C(C)=CCC2C1(C)C. The lowest BCUT2D eigenvalue weighted by atomic mass is 9.47. The van der Waals surface area contributed by atoms with E-state index in [4.69, 9.17) is 9.84 Å². The second kappa shape index (κ2) is 7.58. The first-order valence-electron chi connectivity index (χ1n) is 9.72. The van der Waals surface area contributed by atoms with Crippen LogP contribution >= 0.6 is 0 Å². The third-order valence-electron chi connectivity index (χ3n) is 7.00. The molecule has 2 aliphatic carbocycles. The highest BCUT2D eigenvalue weighted by Gasteiger charge is 2.56. The number of rotatable bonds is 5. The Morgan fingerprint density at radius 1 is 1.31 bits per heavy atom. The zero-order valence-corrected chi connectivity index (χ0v) is 17.1. The van der Waals surface area contributed by atoms with Crippen LogP contribution in [-0.2, 0) is 14.3 Å². The Morgan fingerprint density at radius 3 is 2.54 bits per heavy atom. The van der Waals surface area contributed by atoms with Gasteiger partial charge in [-0.2, -0.15) is 0 Å². The van der Waals surface area contributed by atoms with Gasteiger partial charge in [-0.3, -0.25) is 4.79 Å². The third-order valence-corrected chi connectivity index (χ3v) is 7.00. The molecule has 1 saturated carbocycles. The molecule has 4 heteroatoms. The Bertz CT molecular complexity index is 628. The third kappa shape index (κ3) is 4.05. The number of aliphatic carboxylic acids is 1. The molecular weight excluding hydrogens is 328 g/mol. The summed E-state index contributed by atoms with van der Waals surface area (Å²) in [5, 5.41) is 8.95. The maximum Gasteiger partial charge on any atom is 0.328 e. The zero-order chi connectivity index (χ0) is 19.7. The molecule has 146 valence electrons. The van der Waals surface area contributed by atoms with Gasteiger partial charge in [0, 0.05) is 18.4 Å². The lowest BCUT2D eigenvalue weighted by Crippen LogP contribution is -2.55. The van der Waals surface area contributed by atoms with E-state index in [1.165, 1.54) is 18.6 Å². The van der Waals surface area contributed by atoms with Crippen molar-refractivity contribution in [1.29, 1.82) is 0 Å². The van der Waals surface area contributed by atoms with Gasteiger partial charge >= 0.3 is 11.9 Å². The van der Waals surface area contributed by atoms with E-state index in [9.17, 15) is 9.59 Å². The summed E-state index contributed by atoms with van der Waals surface area (Å²) in [4.78, 5) is 22.4. The van der Waals surface area contributed by atoms with E-state index < -0.39 is 5.97 Å². The molecule has 0 aromatic carbocycles. The number of carboxylic acids is 1. The molecule has 0 spiro atoms. The quantitative estimate of drug-likeness (QED) is 0.418. The van der Waals surface area contributed by atoms with Crippen molar-refractivity contribution >= 4 is 11.9 Å². The molecule has 0 amide bonds. The van der Waals surface area contributed by atoms with Crippen LogP contribution in [-0.4, -0.2) is 23.1 Å². The van der Waals surface area contributed by atoms with E-state index in [1.807, 2.05) is 6.92 Å². The van der Waals surface area contributed by atoms with Crippen molar-refractivity contribution < 1.29 is 19.4 Å². The fraction of sp³-hybridized carbons (Fsp3) is 0.727. The van der Waals surface area contributed by atoms with Crippen LogP contribution in [0.15, 0.2) is 23.3 Å². The zero-order valence-electron chi connectivity index (χ0n) is 17.1. The Kier molecular flexibility index (Phi) is 6.04. The van der Waals surface area contributed by atoms with Gasteiger partial charge in [-0.05, 0) is 63.2 Å². The second-order valence-electron chi connectivity index (χ2n) is 9.12. The standard InChI is InChI=1S/C22H34O4/c1-14(13-20(24)25)7-9-17-15(2)8-10-18-21(4,5)19(26-16(3)23)11-12-22(17,18)6/h8,13,17-19H,7,9-12H2,1-6H3,(H,24,25). The van der Waals surface area contributed by atoms with E-state index in [0.717, 1.165) is 37.7 Å². The Hall–Kier alpha value is -1.58. The van der Waals surface area contributed by atoms with Crippen LogP contribution < -0.4 is 0 Å². The molecule has 4 atom stereocenters. The minimum absolute atomic E-state index is 0.0285. The molecule has 0 aromatic rings. The lowest BCUT2D eigenvalue weighted by molar-refractivity contribution is -0.171. The fourth-order valence-corrected chi connectivity index (χ4v) is 5.64. The van der Waals surface area contributed by atoms with E-state index in [0.29, 0.717) is 11.8 Å². The highest BCUT2D eigenvalue weighted by molar-refractivity contribution is 5.80. The summed E-state index contributed by atoms with van der Waals surface area (Å²) in [6.07, 6.45) is 8.38. The van der Waals surface area contributed by atoms with Crippen molar-refractivity contribution in [3.8, 4) is 0 Å². The summed E-state index contributed by atoms with van der Waals surface area (Å²) in [5.41, 5.74) is 2.43. The van der Waals surface area contributed by atoms with Crippen molar-refractivity contribution in [3.05, 3.63) is 23.3 Å². The summed E-state index contributed by atoms with van der Waals surface area (Å²) < 4.78 is 5.67. The summed E-state index contributed by atoms with van der Waals surface area (Å²) in [7, 11) is 0. The molecule has 0 aliphatic heterocycles. The minimum atomic E-state index is -0.870. The number of hydrogen-bond donors (Lipinski definition) is 1. The van der Waals surface area contributed by atoms with Crippen LogP contribution in [0.25, 0.3) is 0 Å². The van der Waals surface area contributed by atoms with Crippen LogP contribution in [0.5, 0.6) is 0 Å². The molecule has 4 unspecified atom stereocenters. The predicted octanol–water partition coefficient (Wildman–Crippen LogP) is 5.14. The van der Waals surface area contributed by atoms with E-state index >= 15 is 0 Å². The summed E-state index contributed by atoms with van der Waals surface area (Å²) in [5.74, 6) is -0.174. The van der Waals surface area contributed by atoms with E-state index in [2.05, 4.69) is 33.8 Å². The minimum Gasteiger partial charge on any atom is -0.478 e. The highest BCUT2D eigenvalue weighted by atomic mass is 16.5. The first-order chi connectivity index (χ1) is 12.0. The molecule has 26 heavy (non-hydrogen) atoms. The molecule has 0 heterocycles. The first kappa shape index (κ1) is 20.7. The average molecular weight is 363 g/mol. The number of fused-ring (bicyclic) bond motifs is 1. The summed E-state index contributed by atoms with van der Waals surface area (Å²) >= 11 is 0. The van der Waals surface area contributed by atoms with Gasteiger partial charge in [-0.1, -0.05) is 38.0 Å². The maximum atomic E-state index is 11.5. The van der Waals surface area contributed by atoms with Crippen molar-refractivity contribution in [1.82, 2.24) is 0 Å². The fourth-order valence-electron chi connectivity index (χ4n) is 5.64. The highest BCUT2D eigenvalue weighted by Crippen LogP contribution is 2.61. The molecule has 1 N–H and O–H groups in total. The number of carboxylic acid groups (broad SMARTS) is 1. The van der Waals surface area contributed by atoms with Gasteiger partial charge < -0.3 is 9.84 Å². The average Bonchev–Trinajstić information content (AvgIpc) is 2.48. The maximum absolute atomic E-state index is 11.5. The van der Waals surface area contributed by atoms with Gasteiger partial charge in [-0.25, -0.2) is 4.79 Å². The molecule has 2 aliphatic rings. The van der Waals surface area contributed by atoms with Crippen molar-refractivity contribution in [2.24, 2.45) is 22.7 Å². The smallest absolute Gasteiger partial charge is 0.328 e. The van der Waals surface area contributed by atoms with E-state index in [1.54, 1.807) is 0 Å². The number of ether oxygens (including phenoxy) is 1. The second-order valence-corrected chi connectivity index (χ2v) is 9.12. The predicted molar refractivity (Wildman–Crippen MR) is 103 cm³/mol. The van der Waals surface area contributed by atoms with Crippen LogP contribution in [0.1, 0.15) is 73.6 Å². The molecule has 0 radical (unpaired) electrons. The number of hydrogen-bond acceptors (Lipinski definition) is 3. The van der Waals surface area contributed by atoms with Gasteiger partial charge in [0.05, 0.1) is 0 Å². The number of carbonyl (C=O) groups excluding carboxylic acids is 1. The Balaban J connectivity index is 2.25. The largest absolute Gasteiger partial charge is 0.478 e. The Morgan fingerprint density at radius 2 is 1.96 bits per heavy atom. The van der Waals surface area contributed by atoms with Gasteiger partial charge in [0.2, 0.25) is 0 Å². The van der Waals surface area contributed by atoms with Gasteiger partial charge in [0.25, 0.3) is 0 Å². The van der Waals surface area contributed by atoms with Gasteiger partial charge in [-0.15, -0.1) is 0 Å². The molecule has 0 aromatic heterocycles. The molecule has 0 bridgehead atoms. The van der Waals surface area contributed by atoms with Crippen LogP contribution in [0, 0.1) is 22.7 Å². The van der Waals surface area contributed by atoms with Crippen molar-refractivity contribution in [2.75, 3.05) is 0 Å². The van der Waals surface area contributed by atoms with Crippen molar-refractivity contribution in [3.63, 3.8) is 0 Å². The van der Waals surface area contributed by atoms with Crippen LogP contribution in [0.2, 0.25) is 0 Å². The summed E-state index contributed by atoms with van der Waals surface area (Å²) in [6.45, 7) is 12.5.